The van der Waals surface area contributed by atoms with Gasteiger partial charge in [0.25, 0.3) is 0 Å². The number of benzene rings is 1. The Labute approximate surface area is 161 Å². The second-order valence-corrected chi connectivity index (χ2v) is 7.58. The SMILES string of the molecule is Cc1cccc2c3c([nH]c12)CCN(C(=O)CCN1C(=O)N[C@@H]2NC(=O)N[C@H]21)C3. The molecule has 0 aliphatic carbocycles. The van der Waals surface area contributed by atoms with E-state index in [2.05, 4.69) is 40.0 Å². The molecule has 28 heavy (non-hydrogen) atoms. The van der Waals surface area contributed by atoms with Crippen molar-refractivity contribution in [2.24, 2.45) is 0 Å². The molecule has 5 amide bonds. The lowest BCUT2D eigenvalue weighted by molar-refractivity contribution is -0.132. The molecular weight excluding hydrogens is 360 g/mol. The van der Waals surface area contributed by atoms with Gasteiger partial charge in [-0.3, -0.25) is 9.69 Å². The van der Waals surface area contributed by atoms with Crippen molar-refractivity contribution in [1.82, 2.24) is 30.7 Å². The lowest BCUT2D eigenvalue weighted by Gasteiger charge is -2.28. The smallest absolute Gasteiger partial charge is 0.320 e. The number of amides is 5. The van der Waals surface area contributed by atoms with Gasteiger partial charge in [-0.2, -0.15) is 0 Å². The fourth-order valence-corrected chi connectivity index (χ4v) is 4.41. The van der Waals surface area contributed by atoms with Gasteiger partial charge in [0.15, 0.2) is 0 Å². The number of rotatable bonds is 3. The number of aryl methyl sites for hydroxylation is 1. The van der Waals surface area contributed by atoms with Crippen LogP contribution < -0.4 is 16.0 Å². The van der Waals surface area contributed by atoms with Crippen molar-refractivity contribution < 1.29 is 14.4 Å². The number of para-hydroxylation sites is 1. The highest BCUT2D eigenvalue weighted by atomic mass is 16.2. The van der Waals surface area contributed by atoms with Crippen LogP contribution in [-0.4, -0.2) is 58.2 Å². The number of carbonyl (C=O) groups excluding carboxylic acids is 3. The van der Waals surface area contributed by atoms with E-state index >= 15 is 0 Å². The summed E-state index contributed by atoms with van der Waals surface area (Å²) in [6.07, 6.45) is 0.132. The number of nitrogens with zero attached hydrogens (tertiary/aromatic N) is 2. The summed E-state index contributed by atoms with van der Waals surface area (Å²) < 4.78 is 0. The van der Waals surface area contributed by atoms with E-state index in [1.165, 1.54) is 27.1 Å². The molecule has 0 unspecified atom stereocenters. The Balaban J connectivity index is 1.27. The molecule has 4 N–H and O–H groups in total. The van der Waals surface area contributed by atoms with Gasteiger partial charge in [-0.1, -0.05) is 18.2 Å². The van der Waals surface area contributed by atoms with Crippen LogP contribution in [0.5, 0.6) is 0 Å². The number of fused-ring (bicyclic) bond motifs is 4. The van der Waals surface area contributed by atoms with Crippen LogP contribution in [0.15, 0.2) is 18.2 Å². The van der Waals surface area contributed by atoms with Gasteiger partial charge in [0.1, 0.15) is 12.3 Å². The van der Waals surface area contributed by atoms with Crippen molar-refractivity contribution in [3.63, 3.8) is 0 Å². The van der Waals surface area contributed by atoms with Crippen molar-refractivity contribution >= 4 is 28.9 Å². The van der Waals surface area contributed by atoms with Crippen LogP contribution in [0.1, 0.15) is 23.2 Å². The summed E-state index contributed by atoms with van der Waals surface area (Å²) in [7, 11) is 0. The maximum absolute atomic E-state index is 12.8. The van der Waals surface area contributed by atoms with E-state index in [1.807, 2.05) is 11.0 Å². The van der Waals surface area contributed by atoms with E-state index in [0.29, 0.717) is 13.1 Å². The molecule has 146 valence electrons. The highest BCUT2D eigenvalue weighted by Crippen LogP contribution is 2.29. The lowest BCUT2D eigenvalue weighted by atomic mass is 10.0. The van der Waals surface area contributed by atoms with Crippen LogP contribution in [0.4, 0.5) is 9.59 Å². The van der Waals surface area contributed by atoms with Crippen LogP contribution in [0.2, 0.25) is 0 Å². The number of H-pyrrole nitrogens is 1. The first-order valence-corrected chi connectivity index (χ1v) is 9.52. The molecule has 0 spiro atoms. The predicted molar refractivity (Wildman–Crippen MR) is 101 cm³/mol. The summed E-state index contributed by atoms with van der Waals surface area (Å²) in [5, 5.41) is 9.21. The second kappa shape index (κ2) is 6.15. The topological polar surface area (TPSA) is 110 Å². The fraction of sp³-hybridized carbons (Fsp3) is 0.421. The summed E-state index contributed by atoms with van der Waals surface area (Å²) in [6.45, 7) is 3.59. The van der Waals surface area contributed by atoms with Gasteiger partial charge in [-0.15, -0.1) is 0 Å². The Hall–Kier alpha value is -3.23. The maximum Gasteiger partial charge on any atom is 0.320 e. The average molecular weight is 382 g/mol. The Bertz CT molecular complexity index is 999. The molecule has 0 saturated carbocycles. The van der Waals surface area contributed by atoms with Crippen LogP contribution in [0, 0.1) is 6.92 Å². The van der Waals surface area contributed by atoms with E-state index < -0.39 is 12.3 Å². The molecule has 0 radical (unpaired) electrons. The van der Waals surface area contributed by atoms with Crippen LogP contribution in [0.3, 0.4) is 0 Å². The summed E-state index contributed by atoms with van der Waals surface area (Å²) in [6, 6.07) is 5.63. The Morgan fingerprint density at radius 2 is 2.07 bits per heavy atom. The highest BCUT2D eigenvalue weighted by molar-refractivity contribution is 5.88. The zero-order valence-electron chi connectivity index (χ0n) is 15.5. The summed E-state index contributed by atoms with van der Waals surface area (Å²) >= 11 is 0. The van der Waals surface area contributed by atoms with E-state index in [0.717, 1.165) is 11.9 Å². The van der Waals surface area contributed by atoms with Crippen molar-refractivity contribution in [1.29, 1.82) is 0 Å². The molecular formula is C19H22N6O3. The summed E-state index contributed by atoms with van der Waals surface area (Å²) in [5.74, 6) is 0.0150. The molecule has 1 aromatic heterocycles. The Morgan fingerprint density at radius 3 is 2.93 bits per heavy atom. The van der Waals surface area contributed by atoms with E-state index in [4.69, 9.17) is 0 Å². The van der Waals surface area contributed by atoms with Gasteiger partial charge < -0.3 is 25.8 Å². The number of urea groups is 2. The normalized spacial score (nSPS) is 23.3. The van der Waals surface area contributed by atoms with Gasteiger partial charge in [0.2, 0.25) is 5.91 Å². The van der Waals surface area contributed by atoms with Gasteiger partial charge >= 0.3 is 12.1 Å². The minimum absolute atomic E-state index is 0.0150. The zero-order valence-corrected chi connectivity index (χ0v) is 15.5. The molecule has 9 heteroatoms. The largest absolute Gasteiger partial charge is 0.358 e. The molecule has 1 aromatic carbocycles. The third kappa shape index (κ3) is 2.57. The zero-order chi connectivity index (χ0) is 19.4. The van der Waals surface area contributed by atoms with E-state index in [1.54, 1.807) is 0 Å². The van der Waals surface area contributed by atoms with Crippen LogP contribution >= 0.6 is 0 Å². The molecule has 5 rings (SSSR count). The van der Waals surface area contributed by atoms with Crippen molar-refractivity contribution in [2.45, 2.75) is 38.6 Å². The third-order valence-corrected chi connectivity index (χ3v) is 5.89. The molecule has 2 fully saturated rings. The van der Waals surface area contributed by atoms with Gasteiger partial charge in [-0.05, 0) is 12.5 Å². The standard InChI is InChI=1S/C19H22N6O3/c1-10-3-2-4-11-12-9-24(7-5-13(12)20-15(10)11)14(26)6-8-25-17-16(22-19(25)28)21-18(27)23-17/h2-4,16-17,20H,5-9H2,1H3,(H,22,28)(H2,21,23,27)/t16-,17-/m0/s1. The number of carbonyl (C=O) groups is 3. The summed E-state index contributed by atoms with van der Waals surface area (Å²) in [5.41, 5.74) is 4.73. The molecule has 3 aliphatic heterocycles. The molecule has 9 nitrogen and oxygen atoms in total. The van der Waals surface area contributed by atoms with E-state index in [9.17, 15) is 14.4 Å². The number of hydrogen-bond donors (Lipinski definition) is 4. The summed E-state index contributed by atoms with van der Waals surface area (Å²) in [4.78, 5) is 43.2. The second-order valence-electron chi connectivity index (χ2n) is 7.58. The molecule has 4 heterocycles. The Morgan fingerprint density at radius 1 is 1.21 bits per heavy atom. The first-order valence-electron chi connectivity index (χ1n) is 9.52. The highest BCUT2D eigenvalue weighted by Gasteiger charge is 2.45. The number of nitrogens with one attached hydrogen (secondary N) is 4. The van der Waals surface area contributed by atoms with Crippen LogP contribution in [-0.2, 0) is 17.8 Å². The molecule has 0 bridgehead atoms. The van der Waals surface area contributed by atoms with Gasteiger partial charge in [0.05, 0.1) is 0 Å². The Kier molecular flexibility index (Phi) is 3.71. The number of aromatic nitrogens is 1. The first-order chi connectivity index (χ1) is 13.5. The molecule has 2 saturated heterocycles. The number of hydrogen-bond acceptors (Lipinski definition) is 3. The predicted octanol–water partition coefficient (Wildman–Crippen LogP) is 0.741. The molecule has 2 atom stereocenters. The quantitative estimate of drug-likeness (QED) is 0.629. The molecule has 3 aliphatic rings. The third-order valence-electron chi connectivity index (χ3n) is 5.89. The van der Waals surface area contributed by atoms with E-state index in [-0.39, 0.29) is 30.9 Å². The van der Waals surface area contributed by atoms with Crippen molar-refractivity contribution in [3.8, 4) is 0 Å². The molecule has 2 aromatic rings. The van der Waals surface area contributed by atoms with Crippen LogP contribution in [0.25, 0.3) is 10.9 Å². The fourth-order valence-electron chi connectivity index (χ4n) is 4.41. The van der Waals surface area contributed by atoms with Gasteiger partial charge in [-0.25, -0.2) is 9.59 Å². The van der Waals surface area contributed by atoms with Crippen molar-refractivity contribution in [3.05, 3.63) is 35.0 Å². The first kappa shape index (κ1) is 16.9. The minimum Gasteiger partial charge on any atom is -0.358 e. The maximum atomic E-state index is 12.8. The number of aromatic amines is 1. The van der Waals surface area contributed by atoms with Gasteiger partial charge in [0, 0.05) is 54.6 Å². The van der Waals surface area contributed by atoms with Crippen molar-refractivity contribution in [2.75, 3.05) is 13.1 Å². The average Bonchev–Trinajstić information content (AvgIpc) is 3.30. The minimum atomic E-state index is -0.447. The monoisotopic (exact) mass is 382 g/mol. The lowest BCUT2D eigenvalue weighted by Crippen LogP contribution is -2.45.